The van der Waals surface area contributed by atoms with Crippen molar-refractivity contribution in [2.75, 3.05) is 19.6 Å². The zero-order valence-corrected chi connectivity index (χ0v) is 16.6. The third-order valence-corrected chi connectivity index (χ3v) is 6.07. The van der Waals surface area contributed by atoms with E-state index in [0.717, 1.165) is 62.1 Å². The number of benzene rings is 1. The Morgan fingerprint density at radius 2 is 1.90 bits per heavy atom. The Balaban J connectivity index is 1.14. The second kappa shape index (κ2) is 8.49. The molecule has 2 fully saturated rings. The van der Waals surface area contributed by atoms with E-state index in [9.17, 15) is 0 Å². The van der Waals surface area contributed by atoms with Crippen molar-refractivity contribution < 1.29 is 4.42 Å². The van der Waals surface area contributed by atoms with Crippen molar-refractivity contribution in [3.8, 4) is 5.69 Å². The minimum absolute atomic E-state index is 0.302. The molecule has 0 radical (unpaired) electrons. The Kier molecular flexibility index (Phi) is 5.43. The molecular formula is C22H28N6O. The fourth-order valence-electron chi connectivity index (χ4n) is 4.39. The average molecular weight is 393 g/mol. The molecule has 2 aliphatic heterocycles. The van der Waals surface area contributed by atoms with Crippen LogP contribution in [0.2, 0.25) is 0 Å². The molecule has 3 aromatic rings. The topological polar surface area (TPSA) is 71.2 Å². The summed E-state index contributed by atoms with van der Waals surface area (Å²) in [6.07, 6.45) is 6.25. The third-order valence-electron chi connectivity index (χ3n) is 6.07. The number of nitrogens with zero attached hydrogens (tertiary/aromatic N) is 4. The molecule has 7 heteroatoms. The fraction of sp³-hybridized carbons (Fsp3) is 0.455. The van der Waals surface area contributed by atoms with E-state index < -0.39 is 0 Å². The Labute approximate surface area is 171 Å². The maximum absolute atomic E-state index is 6.08. The van der Waals surface area contributed by atoms with Crippen molar-refractivity contribution in [3.05, 3.63) is 66.1 Å². The van der Waals surface area contributed by atoms with Gasteiger partial charge < -0.3 is 4.42 Å². The van der Waals surface area contributed by atoms with Gasteiger partial charge in [-0.25, -0.2) is 5.43 Å². The van der Waals surface area contributed by atoms with Crippen molar-refractivity contribution in [2.45, 2.75) is 38.3 Å². The van der Waals surface area contributed by atoms with Crippen molar-refractivity contribution in [3.63, 3.8) is 0 Å². The predicted molar refractivity (Wildman–Crippen MR) is 110 cm³/mol. The van der Waals surface area contributed by atoms with Gasteiger partial charge in [-0.1, -0.05) is 18.2 Å². The van der Waals surface area contributed by atoms with Crippen LogP contribution in [0.3, 0.4) is 0 Å². The molecule has 2 saturated heterocycles. The predicted octanol–water partition coefficient (Wildman–Crippen LogP) is 2.85. The third kappa shape index (κ3) is 4.27. The molecule has 2 aromatic heterocycles. The highest BCUT2D eigenvalue weighted by atomic mass is 16.3. The van der Waals surface area contributed by atoms with E-state index in [0.29, 0.717) is 12.0 Å². The summed E-state index contributed by atoms with van der Waals surface area (Å²) in [6.45, 7) is 4.09. The van der Waals surface area contributed by atoms with Crippen LogP contribution in [0.15, 0.2) is 53.2 Å². The number of piperidine rings is 1. The van der Waals surface area contributed by atoms with Crippen LogP contribution in [-0.2, 0) is 13.0 Å². The molecule has 29 heavy (non-hydrogen) atoms. The molecule has 2 N–H and O–H groups in total. The quantitative estimate of drug-likeness (QED) is 0.672. The Bertz CT molecular complexity index is 906. The van der Waals surface area contributed by atoms with Gasteiger partial charge in [0.1, 0.15) is 23.7 Å². The van der Waals surface area contributed by atoms with Gasteiger partial charge in [0.2, 0.25) is 0 Å². The normalized spacial score (nSPS) is 21.0. The number of likely N-dealkylation sites (tertiary alicyclic amines) is 1. The molecule has 5 rings (SSSR count). The van der Waals surface area contributed by atoms with E-state index in [-0.39, 0.29) is 0 Å². The number of aromatic nitrogens is 3. The van der Waals surface area contributed by atoms with Gasteiger partial charge in [0.25, 0.3) is 0 Å². The van der Waals surface area contributed by atoms with Crippen LogP contribution in [0.1, 0.15) is 42.6 Å². The maximum atomic E-state index is 6.08. The first-order valence-corrected chi connectivity index (χ1v) is 10.6. The van der Waals surface area contributed by atoms with Gasteiger partial charge in [-0.2, -0.15) is 0 Å². The second-order valence-electron chi connectivity index (χ2n) is 8.09. The Morgan fingerprint density at radius 3 is 2.69 bits per heavy atom. The van der Waals surface area contributed by atoms with Crippen molar-refractivity contribution in [1.82, 2.24) is 30.5 Å². The number of furan rings is 1. The van der Waals surface area contributed by atoms with Gasteiger partial charge in [-0.3, -0.25) is 14.9 Å². The van der Waals surface area contributed by atoms with Crippen molar-refractivity contribution in [2.24, 2.45) is 5.92 Å². The number of para-hydroxylation sites is 1. The minimum atomic E-state index is 0.302. The summed E-state index contributed by atoms with van der Waals surface area (Å²) in [7, 11) is 0. The van der Waals surface area contributed by atoms with E-state index in [1.54, 1.807) is 0 Å². The number of rotatable bonds is 6. The lowest BCUT2D eigenvalue weighted by Gasteiger charge is -2.31. The van der Waals surface area contributed by atoms with Crippen molar-refractivity contribution >= 4 is 0 Å². The summed E-state index contributed by atoms with van der Waals surface area (Å²) in [5.41, 5.74) is 7.56. The van der Waals surface area contributed by atoms with Crippen LogP contribution in [-0.4, -0.2) is 39.3 Å². The van der Waals surface area contributed by atoms with E-state index in [1.807, 2.05) is 12.4 Å². The molecule has 0 amide bonds. The molecule has 0 aliphatic carbocycles. The van der Waals surface area contributed by atoms with Crippen LogP contribution < -0.4 is 10.9 Å². The molecule has 0 saturated carbocycles. The molecule has 1 aromatic carbocycles. The van der Waals surface area contributed by atoms with Crippen LogP contribution in [0.4, 0.5) is 0 Å². The van der Waals surface area contributed by atoms with Crippen LogP contribution in [0, 0.1) is 5.92 Å². The molecule has 7 nitrogen and oxygen atoms in total. The van der Waals surface area contributed by atoms with Crippen LogP contribution >= 0.6 is 0 Å². The lowest BCUT2D eigenvalue weighted by molar-refractivity contribution is 0.163. The number of nitrogens with one attached hydrogen (secondary N) is 2. The van der Waals surface area contributed by atoms with Gasteiger partial charge >= 0.3 is 0 Å². The van der Waals surface area contributed by atoms with E-state index in [4.69, 9.17) is 4.42 Å². The minimum Gasteiger partial charge on any atom is -0.463 e. The highest BCUT2D eigenvalue weighted by Crippen LogP contribution is 2.25. The molecular weight excluding hydrogens is 364 g/mol. The van der Waals surface area contributed by atoms with E-state index in [2.05, 4.69) is 66.9 Å². The van der Waals surface area contributed by atoms with E-state index in [1.165, 1.54) is 12.8 Å². The van der Waals surface area contributed by atoms with Gasteiger partial charge in [0.15, 0.2) is 0 Å². The zero-order valence-electron chi connectivity index (χ0n) is 16.6. The summed E-state index contributed by atoms with van der Waals surface area (Å²) in [4.78, 5) is 2.50. The fourth-order valence-corrected chi connectivity index (χ4v) is 4.39. The first-order valence-electron chi connectivity index (χ1n) is 10.6. The monoisotopic (exact) mass is 392 g/mol. The SMILES string of the molecule is c1ccc(-n2cnnc2CC2CCN(Cc3ccc(C4CCNN4)o3)CC2)cc1. The maximum Gasteiger partial charge on any atom is 0.137 e. The van der Waals surface area contributed by atoms with Gasteiger partial charge in [0, 0.05) is 18.7 Å². The lowest BCUT2D eigenvalue weighted by Crippen LogP contribution is -2.34. The molecule has 1 atom stereocenters. The first-order chi connectivity index (χ1) is 14.3. The molecule has 2 aliphatic rings. The molecule has 152 valence electrons. The zero-order chi connectivity index (χ0) is 19.5. The summed E-state index contributed by atoms with van der Waals surface area (Å²) in [5.74, 6) is 3.82. The summed E-state index contributed by atoms with van der Waals surface area (Å²) in [6, 6.07) is 14.9. The average Bonchev–Trinajstić information content (AvgIpc) is 3.52. The molecule has 4 heterocycles. The highest BCUT2D eigenvalue weighted by molar-refractivity contribution is 5.32. The van der Waals surface area contributed by atoms with Crippen LogP contribution in [0.5, 0.6) is 0 Å². The summed E-state index contributed by atoms with van der Waals surface area (Å²) >= 11 is 0. The van der Waals surface area contributed by atoms with Gasteiger partial charge in [0.05, 0.1) is 12.6 Å². The number of hydrogen-bond acceptors (Lipinski definition) is 6. The number of hydrogen-bond donors (Lipinski definition) is 2. The largest absolute Gasteiger partial charge is 0.463 e. The Hall–Kier alpha value is -2.48. The van der Waals surface area contributed by atoms with Gasteiger partial charge in [-0.05, 0) is 62.5 Å². The summed E-state index contributed by atoms with van der Waals surface area (Å²) < 4.78 is 8.20. The second-order valence-corrected chi connectivity index (χ2v) is 8.09. The summed E-state index contributed by atoms with van der Waals surface area (Å²) in [5, 5.41) is 8.54. The molecule has 0 spiro atoms. The van der Waals surface area contributed by atoms with Gasteiger partial charge in [-0.15, -0.1) is 10.2 Å². The van der Waals surface area contributed by atoms with Crippen molar-refractivity contribution in [1.29, 1.82) is 0 Å². The first kappa shape index (κ1) is 18.5. The van der Waals surface area contributed by atoms with Crippen LogP contribution in [0.25, 0.3) is 5.69 Å². The molecule has 0 bridgehead atoms. The van der Waals surface area contributed by atoms with E-state index >= 15 is 0 Å². The number of hydrazine groups is 1. The Morgan fingerprint density at radius 1 is 1.03 bits per heavy atom. The smallest absolute Gasteiger partial charge is 0.137 e. The highest BCUT2D eigenvalue weighted by Gasteiger charge is 2.24. The standard InChI is InChI=1S/C22H28N6O/c1-2-4-18(5-3-1)28-16-24-26-22(28)14-17-9-12-27(13-10-17)15-19-6-7-21(29-19)20-8-11-23-25-20/h1-7,16-17,20,23,25H,8-15H2. The molecule has 1 unspecified atom stereocenters. The lowest BCUT2D eigenvalue weighted by atomic mass is 9.93.